The van der Waals surface area contributed by atoms with Gasteiger partial charge in [0.15, 0.2) is 13.8 Å². The number of carboxylic acid groups (broad SMARTS) is 1. The zero-order valence-corrected chi connectivity index (χ0v) is 13.0. The molecular weight excluding hydrogens is 305 g/mol. The molecule has 0 aromatic heterocycles. The first kappa shape index (κ1) is 18.3. The second kappa shape index (κ2) is 8.61. The topological polar surface area (TPSA) is 118 Å². The summed E-state index contributed by atoms with van der Waals surface area (Å²) in [5.74, 6) is -3.23. The molecule has 0 saturated heterocycles. The van der Waals surface area contributed by atoms with Crippen molar-refractivity contribution in [3.05, 3.63) is 35.9 Å². The van der Waals surface area contributed by atoms with E-state index in [4.69, 9.17) is 5.73 Å². The first-order chi connectivity index (χ1) is 10.4. The second-order valence-electron chi connectivity index (χ2n) is 5.20. The molecule has 0 spiro atoms. The van der Waals surface area contributed by atoms with Crippen molar-refractivity contribution >= 4 is 20.3 Å². The summed E-state index contributed by atoms with van der Waals surface area (Å²) in [6.07, 6.45) is 0.870. The van der Waals surface area contributed by atoms with Gasteiger partial charge in [-0.3, -0.25) is 14.2 Å². The highest BCUT2D eigenvalue weighted by molar-refractivity contribution is 7.25. The quantitative estimate of drug-likeness (QED) is 0.568. The largest absolute Gasteiger partial charge is 0.481 e. The molecule has 1 aromatic rings. The molecule has 7 heteroatoms. The van der Waals surface area contributed by atoms with Crippen molar-refractivity contribution in [2.45, 2.75) is 37.4 Å². The van der Waals surface area contributed by atoms with Crippen molar-refractivity contribution in [2.75, 3.05) is 0 Å². The number of aryl methyl sites for hydroxylation is 1. The number of amides is 1. The summed E-state index contributed by atoms with van der Waals surface area (Å²) < 4.78 is 11.3. The lowest BCUT2D eigenvalue weighted by atomic mass is 9.91. The van der Waals surface area contributed by atoms with Crippen molar-refractivity contribution in [3.8, 4) is 0 Å². The van der Waals surface area contributed by atoms with Crippen molar-refractivity contribution in [3.63, 3.8) is 0 Å². The molecule has 22 heavy (non-hydrogen) atoms. The van der Waals surface area contributed by atoms with Crippen LogP contribution in [0.15, 0.2) is 30.3 Å². The van der Waals surface area contributed by atoms with E-state index in [1.54, 1.807) is 0 Å². The third kappa shape index (κ3) is 5.54. The molecule has 2 atom stereocenters. The lowest BCUT2D eigenvalue weighted by molar-refractivity contribution is -0.148. The summed E-state index contributed by atoms with van der Waals surface area (Å²) in [7, 11) is -0.657. The fraction of sp³-hybridized carbons (Fsp3) is 0.467. The normalized spacial score (nSPS) is 15.1. The van der Waals surface area contributed by atoms with Gasteiger partial charge in [-0.25, -0.2) is 0 Å². The van der Waals surface area contributed by atoms with Crippen LogP contribution in [0.5, 0.6) is 0 Å². The highest BCUT2D eigenvalue weighted by atomic mass is 31.1. The number of primary amides is 1. The molecule has 1 amide bonds. The van der Waals surface area contributed by atoms with Crippen LogP contribution in [0.4, 0.5) is 0 Å². The van der Waals surface area contributed by atoms with E-state index in [9.17, 15) is 24.4 Å². The fourth-order valence-corrected chi connectivity index (χ4v) is 2.94. The Labute approximate surface area is 130 Å². The number of carbonyl (C=O) groups excluding carboxylic acids is 1. The van der Waals surface area contributed by atoms with Gasteiger partial charge in [-0.1, -0.05) is 30.3 Å². The van der Waals surface area contributed by atoms with Crippen LogP contribution in [-0.4, -0.2) is 27.4 Å². The molecule has 1 aromatic carbocycles. The minimum Gasteiger partial charge on any atom is -0.481 e. The molecule has 0 aliphatic carbocycles. The molecule has 0 radical (unpaired) electrons. The van der Waals surface area contributed by atoms with E-state index in [1.807, 2.05) is 30.3 Å². The number of carboxylic acids is 1. The summed E-state index contributed by atoms with van der Waals surface area (Å²) in [6, 6.07) is 9.52. The van der Waals surface area contributed by atoms with Crippen molar-refractivity contribution in [2.24, 2.45) is 11.7 Å². The van der Waals surface area contributed by atoms with Gasteiger partial charge in [0.25, 0.3) is 0 Å². The third-order valence-electron chi connectivity index (χ3n) is 3.55. The van der Waals surface area contributed by atoms with Crippen molar-refractivity contribution in [1.29, 1.82) is 0 Å². The summed E-state index contributed by atoms with van der Waals surface area (Å²) in [5, 5.41) is 17.7. The summed E-state index contributed by atoms with van der Waals surface area (Å²) >= 11 is 0. The molecule has 6 nitrogen and oxygen atoms in total. The van der Waals surface area contributed by atoms with E-state index in [1.165, 1.54) is 0 Å². The minimum atomic E-state index is -1.89. The van der Waals surface area contributed by atoms with Gasteiger partial charge in [0.05, 0.1) is 5.92 Å². The summed E-state index contributed by atoms with van der Waals surface area (Å²) in [4.78, 5) is 22.1. The van der Waals surface area contributed by atoms with Gasteiger partial charge in [-0.05, 0) is 31.2 Å². The molecule has 0 heterocycles. The molecule has 0 aliphatic heterocycles. The van der Waals surface area contributed by atoms with E-state index in [0.717, 1.165) is 5.56 Å². The SMILES string of the molecule is NC(=O)CCC(C(=O)O)C(O)(CCCc1ccccc1)P=O. The monoisotopic (exact) mass is 325 g/mol. The number of aliphatic carboxylic acids is 1. The lowest BCUT2D eigenvalue weighted by Crippen LogP contribution is -2.38. The molecule has 0 fully saturated rings. The number of aliphatic hydroxyl groups is 1. The molecule has 4 N–H and O–H groups in total. The predicted octanol–water partition coefficient (Wildman–Crippen LogP) is 1.96. The van der Waals surface area contributed by atoms with Crippen LogP contribution in [0.3, 0.4) is 0 Å². The van der Waals surface area contributed by atoms with E-state index in [2.05, 4.69) is 0 Å². The number of hydrogen-bond acceptors (Lipinski definition) is 4. The van der Waals surface area contributed by atoms with Crippen LogP contribution in [0.25, 0.3) is 0 Å². The Morgan fingerprint density at radius 1 is 1.27 bits per heavy atom. The van der Waals surface area contributed by atoms with E-state index >= 15 is 0 Å². The standard InChI is InChI=1S/C15H20NO5P/c16-13(17)9-8-12(14(18)19)15(20,22-21)10-4-7-11-5-2-1-3-6-11/h1-3,5-6,12,20H,4,7-10H2,(H2,16,17)(H,18,19). The first-order valence-corrected chi connectivity index (χ1v) is 7.82. The average molecular weight is 325 g/mol. The van der Waals surface area contributed by atoms with E-state index in [0.29, 0.717) is 12.8 Å². The Hall–Kier alpha value is -1.78. The van der Waals surface area contributed by atoms with Gasteiger partial charge in [0.1, 0.15) is 0 Å². The van der Waals surface area contributed by atoms with E-state index in [-0.39, 0.29) is 19.3 Å². The molecular formula is C15H20NO5P. The van der Waals surface area contributed by atoms with Crippen molar-refractivity contribution in [1.82, 2.24) is 0 Å². The highest BCUT2D eigenvalue weighted by Crippen LogP contribution is 2.37. The number of rotatable bonds is 10. The van der Waals surface area contributed by atoms with Gasteiger partial charge in [-0.15, -0.1) is 0 Å². The molecule has 0 saturated carbocycles. The van der Waals surface area contributed by atoms with Crippen LogP contribution in [0, 0.1) is 5.92 Å². The molecule has 120 valence electrons. The van der Waals surface area contributed by atoms with Gasteiger partial charge in [0, 0.05) is 6.42 Å². The van der Waals surface area contributed by atoms with Crippen LogP contribution in [-0.2, 0) is 20.6 Å². The molecule has 0 bridgehead atoms. The fourth-order valence-electron chi connectivity index (χ4n) is 2.32. The maximum absolute atomic E-state index is 11.3. The highest BCUT2D eigenvalue weighted by Gasteiger charge is 2.42. The van der Waals surface area contributed by atoms with Crippen LogP contribution in [0.1, 0.15) is 31.2 Å². The van der Waals surface area contributed by atoms with E-state index < -0.39 is 31.6 Å². The lowest BCUT2D eigenvalue weighted by Gasteiger charge is -2.27. The summed E-state index contributed by atoms with van der Waals surface area (Å²) in [5.41, 5.74) is 6.06. The molecule has 1 rings (SSSR count). The van der Waals surface area contributed by atoms with Gasteiger partial charge in [-0.2, -0.15) is 0 Å². The average Bonchev–Trinajstić information content (AvgIpc) is 2.47. The minimum absolute atomic E-state index is 0.0582. The number of hydrogen-bond donors (Lipinski definition) is 3. The predicted molar refractivity (Wildman–Crippen MR) is 81.5 cm³/mol. The maximum Gasteiger partial charge on any atom is 0.310 e. The third-order valence-corrected chi connectivity index (χ3v) is 4.40. The Balaban J connectivity index is 2.68. The van der Waals surface area contributed by atoms with Gasteiger partial charge in [0.2, 0.25) is 5.91 Å². The Morgan fingerprint density at radius 2 is 1.91 bits per heavy atom. The van der Waals surface area contributed by atoms with Gasteiger partial charge >= 0.3 is 5.97 Å². The first-order valence-electron chi connectivity index (χ1n) is 7.01. The zero-order chi connectivity index (χ0) is 16.6. The second-order valence-corrected chi connectivity index (χ2v) is 6.16. The number of carbonyl (C=O) groups is 2. The maximum atomic E-state index is 11.3. The number of nitrogens with two attached hydrogens (primary N) is 1. The van der Waals surface area contributed by atoms with Crippen molar-refractivity contribution < 1.29 is 24.4 Å². The molecule has 0 aliphatic rings. The van der Waals surface area contributed by atoms with Crippen LogP contribution < -0.4 is 5.73 Å². The smallest absolute Gasteiger partial charge is 0.310 e. The van der Waals surface area contributed by atoms with Crippen LogP contribution in [0.2, 0.25) is 0 Å². The Bertz CT molecular complexity index is 522. The number of benzene rings is 1. The summed E-state index contributed by atoms with van der Waals surface area (Å²) in [6.45, 7) is 0. The zero-order valence-electron chi connectivity index (χ0n) is 12.1. The van der Waals surface area contributed by atoms with Gasteiger partial charge < -0.3 is 15.9 Å². The van der Waals surface area contributed by atoms with Crippen LogP contribution >= 0.6 is 8.46 Å². The Morgan fingerprint density at radius 3 is 2.41 bits per heavy atom. The molecule has 2 unspecified atom stereocenters. The Kier molecular flexibility index (Phi) is 7.15.